The van der Waals surface area contributed by atoms with Crippen molar-refractivity contribution >= 4 is 29.3 Å². The Morgan fingerprint density at radius 3 is 2.88 bits per heavy atom. The maximum atomic E-state index is 11.6. The smallest absolute Gasteiger partial charge is 0.308 e. The zero-order valence-electron chi connectivity index (χ0n) is 8.26. The van der Waals surface area contributed by atoms with Gasteiger partial charge >= 0.3 is 5.97 Å². The van der Waals surface area contributed by atoms with E-state index in [2.05, 4.69) is 4.98 Å². The summed E-state index contributed by atoms with van der Waals surface area (Å²) < 4.78 is 0. The molecule has 2 heterocycles. The molecule has 1 saturated heterocycles. The molecule has 0 aromatic carbocycles. The summed E-state index contributed by atoms with van der Waals surface area (Å²) in [5.74, 6) is -1.45. The molecule has 84 valence electrons. The molecule has 5 nitrogen and oxygen atoms in total. The predicted octanol–water partition coefficient (Wildman–Crippen LogP) is 1.17. The quantitative estimate of drug-likeness (QED) is 0.788. The van der Waals surface area contributed by atoms with E-state index in [1.54, 1.807) is 18.2 Å². The van der Waals surface area contributed by atoms with Gasteiger partial charge < -0.3 is 5.11 Å². The maximum absolute atomic E-state index is 11.6. The lowest BCUT2D eigenvalue weighted by Crippen LogP contribution is -2.26. The van der Waals surface area contributed by atoms with E-state index in [-0.39, 0.29) is 24.0 Å². The number of hydrogen-bond acceptors (Lipinski definition) is 3. The Bertz CT molecular complexity index is 449. The summed E-state index contributed by atoms with van der Waals surface area (Å²) in [6, 6.07) is 4.90. The lowest BCUT2D eigenvalue weighted by Gasteiger charge is -2.14. The summed E-state index contributed by atoms with van der Waals surface area (Å²) in [5.41, 5.74) is 0. The molecule has 1 aromatic heterocycles. The number of aromatic nitrogens is 1. The molecule has 2 rings (SSSR count). The molecule has 0 saturated carbocycles. The molecule has 0 radical (unpaired) electrons. The number of carbonyl (C=O) groups is 2. The highest BCUT2D eigenvalue weighted by molar-refractivity contribution is 6.29. The van der Waals surface area contributed by atoms with Gasteiger partial charge in [-0.1, -0.05) is 17.7 Å². The Balaban J connectivity index is 2.23. The molecule has 1 aliphatic heterocycles. The van der Waals surface area contributed by atoms with Crippen LogP contribution in [0.2, 0.25) is 5.15 Å². The molecule has 1 fully saturated rings. The van der Waals surface area contributed by atoms with Crippen LogP contribution in [0, 0.1) is 5.92 Å². The first-order chi connectivity index (χ1) is 7.58. The van der Waals surface area contributed by atoms with Gasteiger partial charge in [0.25, 0.3) is 0 Å². The van der Waals surface area contributed by atoms with E-state index in [4.69, 9.17) is 16.7 Å². The van der Waals surface area contributed by atoms with Gasteiger partial charge in [0, 0.05) is 13.0 Å². The molecule has 1 amide bonds. The van der Waals surface area contributed by atoms with E-state index in [1.807, 2.05) is 0 Å². The van der Waals surface area contributed by atoms with Crippen molar-refractivity contribution < 1.29 is 14.7 Å². The summed E-state index contributed by atoms with van der Waals surface area (Å²) in [5, 5.41) is 9.11. The number of nitrogens with zero attached hydrogens (tertiary/aromatic N) is 2. The highest BCUT2D eigenvalue weighted by Gasteiger charge is 2.35. The van der Waals surface area contributed by atoms with Gasteiger partial charge in [-0.15, -0.1) is 0 Å². The van der Waals surface area contributed by atoms with Crippen molar-refractivity contribution in [3.05, 3.63) is 23.4 Å². The van der Waals surface area contributed by atoms with Crippen LogP contribution in [0.4, 0.5) is 5.82 Å². The van der Waals surface area contributed by atoms with Gasteiger partial charge in [-0.25, -0.2) is 4.98 Å². The molecule has 1 atom stereocenters. The summed E-state index contributed by atoms with van der Waals surface area (Å²) >= 11 is 5.70. The number of carboxylic acid groups (broad SMARTS) is 1. The maximum Gasteiger partial charge on any atom is 0.308 e. The summed E-state index contributed by atoms with van der Waals surface area (Å²) in [6.45, 7) is 0.154. The minimum absolute atomic E-state index is 0.0174. The molecule has 1 N–H and O–H groups in total. The third-order valence-corrected chi connectivity index (χ3v) is 2.66. The molecule has 1 aromatic rings. The highest BCUT2D eigenvalue weighted by atomic mass is 35.5. The zero-order chi connectivity index (χ0) is 11.7. The molecule has 0 spiro atoms. The van der Waals surface area contributed by atoms with E-state index in [0.717, 1.165) is 0 Å². The Kier molecular flexibility index (Phi) is 2.78. The largest absolute Gasteiger partial charge is 0.481 e. The first kappa shape index (κ1) is 10.9. The van der Waals surface area contributed by atoms with Crippen LogP contribution in [0.25, 0.3) is 0 Å². The summed E-state index contributed by atoms with van der Waals surface area (Å²) in [7, 11) is 0. The molecular formula is C10H9ClN2O3. The first-order valence-corrected chi connectivity index (χ1v) is 5.11. The van der Waals surface area contributed by atoms with Crippen molar-refractivity contribution in [2.75, 3.05) is 11.4 Å². The average molecular weight is 241 g/mol. The van der Waals surface area contributed by atoms with E-state index in [9.17, 15) is 9.59 Å². The lowest BCUT2D eigenvalue weighted by molar-refractivity contribution is -0.141. The van der Waals surface area contributed by atoms with Crippen molar-refractivity contribution in [1.82, 2.24) is 4.98 Å². The Labute approximate surface area is 96.7 Å². The molecule has 16 heavy (non-hydrogen) atoms. The van der Waals surface area contributed by atoms with Crippen LogP contribution in [-0.4, -0.2) is 28.5 Å². The van der Waals surface area contributed by atoms with Gasteiger partial charge in [-0.2, -0.15) is 0 Å². The van der Waals surface area contributed by atoms with Crippen LogP contribution >= 0.6 is 11.6 Å². The lowest BCUT2D eigenvalue weighted by atomic mass is 10.1. The summed E-state index contributed by atoms with van der Waals surface area (Å²) in [6.07, 6.45) is 0.0174. The standard InChI is InChI=1S/C10H9ClN2O3/c11-7-2-1-3-8(12-7)13-5-6(10(15)16)4-9(13)14/h1-3,6H,4-5H2,(H,15,16). The predicted molar refractivity (Wildman–Crippen MR) is 57.3 cm³/mol. The molecular weight excluding hydrogens is 232 g/mol. The van der Waals surface area contributed by atoms with Gasteiger partial charge in [0.2, 0.25) is 5.91 Å². The second-order valence-electron chi connectivity index (χ2n) is 3.56. The molecule has 1 aliphatic rings. The van der Waals surface area contributed by atoms with Crippen LogP contribution in [0.5, 0.6) is 0 Å². The molecule has 0 bridgehead atoms. The number of halogens is 1. The Morgan fingerprint density at radius 2 is 2.31 bits per heavy atom. The Hall–Kier alpha value is -1.62. The zero-order valence-corrected chi connectivity index (χ0v) is 9.02. The minimum Gasteiger partial charge on any atom is -0.481 e. The SMILES string of the molecule is O=C(O)C1CC(=O)N(c2cccc(Cl)n2)C1. The molecule has 0 aliphatic carbocycles. The van der Waals surface area contributed by atoms with Crippen LogP contribution in [-0.2, 0) is 9.59 Å². The van der Waals surface area contributed by atoms with Crippen molar-refractivity contribution in [3.8, 4) is 0 Å². The molecule has 1 unspecified atom stereocenters. The summed E-state index contributed by atoms with van der Waals surface area (Å²) in [4.78, 5) is 27.7. The number of carbonyl (C=O) groups excluding carboxylic acids is 1. The van der Waals surface area contributed by atoms with E-state index in [0.29, 0.717) is 5.82 Å². The second-order valence-corrected chi connectivity index (χ2v) is 3.95. The van der Waals surface area contributed by atoms with E-state index < -0.39 is 11.9 Å². The number of hydrogen-bond donors (Lipinski definition) is 1. The van der Waals surface area contributed by atoms with E-state index >= 15 is 0 Å². The normalized spacial score (nSPS) is 20.2. The van der Waals surface area contributed by atoms with Crippen LogP contribution in [0.15, 0.2) is 18.2 Å². The first-order valence-electron chi connectivity index (χ1n) is 4.73. The number of carboxylic acids is 1. The number of pyridine rings is 1. The monoisotopic (exact) mass is 240 g/mol. The van der Waals surface area contributed by atoms with Gasteiger partial charge in [0.15, 0.2) is 0 Å². The number of amides is 1. The topological polar surface area (TPSA) is 70.5 Å². The molecule has 6 heteroatoms. The second kappa shape index (κ2) is 4.09. The third-order valence-electron chi connectivity index (χ3n) is 2.45. The number of aliphatic carboxylic acids is 1. The third kappa shape index (κ3) is 1.99. The fraction of sp³-hybridized carbons (Fsp3) is 0.300. The van der Waals surface area contributed by atoms with Crippen LogP contribution in [0.1, 0.15) is 6.42 Å². The van der Waals surface area contributed by atoms with Gasteiger partial charge in [-0.05, 0) is 12.1 Å². The highest BCUT2D eigenvalue weighted by Crippen LogP contribution is 2.24. The fourth-order valence-corrected chi connectivity index (χ4v) is 1.80. The van der Waals surface area contributed by atoms with Gasteiger partial charge in [0.1, 0.15) is 11.0 Å². The number of anilines is 1. The van der Waals surface area contributed by atoms with Gasteiger partial charge in [0.05, 0.1) is 5.92 Å². The fourth-order valence-electron chi connectivity index (χ4n) is 1.64. The Morgan fingerprint density at radius 1 is 1.56 bits per heavy atom. The average Bonchev–Trinajstić information content (AvgIpc) is 2.60. The van der Waals surface area contributed by atoms with Crippen molar-refractivity contribution in [2.24, 2.45) is 5.92 Å². The number of rotatable bonds is 2. The van der Waals surface area contributed by atoms with Crippen LogP contribution in [0.3, 0.4) is 0 Å². The van der Waals surface area contributed by atoms with Crippen molar-refractivity contribution in [1.29, 1.82) is 0 Å². The van der Waals surface area contributed by atoms with Crippen molar-refractivity contribution in [3.63, 3.8) is 0 Å². The van der Waals surface area contributed by atoms with Crippen LogP contribution < -0.4 is 4.90 Å². The van der Waals surface area contributed by atoms with Gasteiger partial charge in [-0.3, -0.25) is 14.5 Å². The van der Waals surface area contributed by atoms with Crippen molar-refractivity contribution in [2.45, 2.75) is 6.42 Å². The minimum atomic E-state index is -0.960. The van der Waals surface area contributed by atoms with E-state index in [1.165, 1.54) is 4.90 Å².